The van der Waals surface area contributed by atoms with Gasteiger partial charge in [0.2, 0.25) is 0 Å². The fourth-order valence-corrected chi connectivity index (χ4v) is 3.99. The SMILES string of the molecule is CCC(=O)OCCCCCCCOc1ccc(N=Nc2ccc(N=Nc3ccc(N4CCOC4)cc3)cc2)cc1. The highest BCUT2D eigenvalue weighted by Crippen LogP contribution is 2.26. The maximum Gasteiger partial charge on any atom is 0.305 e. The number of nitrogens with zero attached hydrogens (tertiary/aromatic N) is 5. The number of esters is 1. The Balaban J connectivity index is 1.13. The molecule has 1 heterocycles. The molecule has 3 aromatic carbocycles. The number of anilines is 1. The summed E-state index contributed by atoms with van der Waals surface area (Å²) in [7, 11) is 0. The zero-order valence-electron chi connectivity index (χ0n) is 23.1. The summed E-state index contributed by atoms with van der Waals surface area (Å²) >= 11 is 0. The number of unbranched alkanes of at least 4 members (excludes halogenated alkanes) is 4. The van der Waals surface area contributed by atoms with Crippen LogP contribution in [0.25, 0.3) is 0 Å². The first-order valence-corrected chi connectivity index (χ1v) is 13.9. The van der Waals surface area contributed by atoms with Crippen LogP contribution in [0.5, 0.6) is 5.75 Å². The highest BCUT2D eigenvalue weighted by atomic mass is 16.5. The molecule has 1 aliphatic rings. The zero-order valence-corrected chi connectivity index (χ0v) is 23.1. The number of rotatable bonds is 15. The van der Waals surface area contributed by atoms with Gasteiger partial charge in [0, 0.05) is 18.7 Å². The summed E-state index contributed by atoms with van der Waals surface area (Å²) in [6.45, 7) is 5.32. The lowest BCUT2D eigenvalue weighted by Gasteiger charge is -2.15. The average Bonchev–Trinajstić information content (AvgIpc) is 3.55. The molecule has 0 aromatic heterocycles. The second-order valence-electron chi connectivity index (χ2n) is 9.42. The number of ether oxygens (including phenoxy) is 3. The molecule has 1 aliphatic heterocycles. The molecule has 3 aromatic rings. The molecule has 0 N–H and O–H groups in total. The summed E-state index contributed by atoms with van der Waals surface area (Å²) in [4.78, 5) is 13.3. The molecule has 0 saturated carbocycles. The van der Waals surface area contributed by atoms with Crippen LogP contribution in [-0.2, 0) is 14.3 Å². The quantitative estimate of drug-likeness (QED) is 0.109. The number of hydrogen-bond donors (Lipinski definition) is 0. The number of azo groups is 2. The van der Waals surface area contributed by atoms with Crippen molar-refractivity contribution in [2.75, 3.05) is 38.0 Å². The van der Waals surface area contributed by atoms with Crippen molar-refractivity contribution in [2.45, 2.75) is 45.4 Å². The van der Waals surface area contributed by atoms with E-state index in [2.05, 4.69) is 25.4 Å². The minimum atomic E-state index is -0.124. The van der Waals surface area contributed by atoms with Crippen molar-refractivity contribution in [2.24, 2.45) is 20.5 Å². The Kier molecular flexibility index (Phi) is 11.6. The molecule has 9 heteroatoms. The van der Waals surface area contributed by atoms with E-state index in [0.717, 1.165) is 79.4 Å². The second-order valence-corrected chi connectivity index (χ2v) is 9.42. The largest absolute Gasteiger partial charge is 0.494 e. The fraction of sp³-hybridized carbons (Fsp3) is 0.387. The summed E-state index contributed by atoms with van der Waals surface area (Å²) in [6.07, 6.45) is 5.62. The Morgan fingerprint density at radius 1 is 0.725 bits per heavy atom. The zero-order chi connectivity index (χ0) is 27.8. The highest BCUT2D eigenvalue weighted by Gasteiger charge is 2.12. The van der Waals surface area contributed by atoms with Crippen LogP contribution in [0.1, 0.15) is 45.4 Å². The van der Waals surface area contributed by atoms with Gasteiger partial charge in [0.05, 0.1) is 42.6 Å². The third-order valence-corrected chi connectivity index (χ3v) is 6.32. The van der Waals surface area contributed by atoms with Crippen molar-refractivity contribution in [3.63, 3.8) is 0 Å². The van der Waals surface area contributed by atoms with Crippen LogP contribution >= 0.6 is 0 Å². The number of hydrogen-bond acceptors (Lipinski definition) is 9. The van der Waals surface area contributed by atoms with Gasteiger partial charge < -0.3 is 19.1 Å². The van der Waals surface area contributed by atoms with Gasteiger partial charge in [-0.25, -0.2) is 0 Å². The molecule has 0 atom stereocenters. The summed E-state index contributed by atoms with van der Waals surface area (Å²) in [6, 6.07) is 23.0. The van der Waals surface area contributed by atoms with Gasteiger partial charge in [0.15, 0.2) is 0 Å². The van der Waals surface area contributed by atoms with Crippen LogP contribution < -0.4 is 9.64 Å². The van der Waals surface area contributed by atoms with Crippen LogP contribution in [0.15, 0.2) is 93.3 Å². The third-order valence-electron chi connectivity index (χ3n) is 6.32. The van der Waals surface area contributed by atoms with E-state index in [9.17, 15) is 4.79 Å². The Morgan fingerprint density at radius 2 is 1.23 bits per heavy atom. The molecule has 0 radical (unpaired) electrons. The summed E-state index contributed by atoms with van der Waals surface area (Å²) < 4.78 is 16.3. The molecule has 40 heavy (non-hydrogen) atoms. The van der Waals surface area contributed by atoms with Crippen LogP contribution in [0.2, 0.25) is 0 Å². The molecule has 1 saturated heterocycles. The fourth-order valence-electron chi connectivity index (χ4n) is 3.99. The van der Waals surface area contributed by atoms with Crippen molar-refractivity contribution >= 4 is 34.4 Å². The van der Waals surface area contributed by atoms with Gasteiger partial charge in [0.1, 0.15) is 12.5 Å². The van der Waals surface area contributed by atoms with Crippen molar-refractivity contribution < 1.29 is 19.0 Å². The summed E-state index contributed by atoms with van der Waals surface area (Å²) in [5.74, 6) is 0.695. The Hall–Kier alpha value is -4.11. The molecule has 0 amide bonds. The molecule has 9 nitrogen and oxygen atoms in total. The standard InChI is InChI=1S/C31H37N5O4/c1-2-31(37)40-22-7-5-3-4-6-21-39-30-18-14-28(15-19-30)35-33-26-10-8-25(9-11-26)32-34-27-12-16-29(17-13-27)36-20-23-38-24-36/h8-19H,2-7,20-24H2,1H3. The smallest absolute Gasteiger partial charge is 0.305 e. The van der Waals surface area contributed by atoms with Gasteiger partial charge in [-0.2, -0.15) is 20.5 Å². The topological polar surface area (TPSA) is 97.4 Å². The van der Waals surface area contributed by atoms with Crippen LogP contribution in [0.4, 0.5) is 28.4 Å². The molecule has 4 rings (SSSR count). The first-order valence-electron chi connectivity index (χ1n) is 13.9. The number of carbonyl (C=O) groups excluding carboxylic acids is 1. The lowest BCUT2D eigenvalue weighted by Crippen LogP contribution is -2.17. The normalized spacial score (nSPS) is 13.4. The predicted molar refractivity (Wildman–Crippen MR) is 156 cm³/mol. The van der Waals surface area contributed by atoms with Crippen molar-refractivity contribution in [3.8, 4) is 5.75 Å². The molecule has 210 valence electrons. The molecular formula is C31H37N5O4. The van der Waals surface area contributed by atoms with Crippen molar-refractivity contribution in [1.29, 1.82) is 0 Å². The molecule has 0 bridgehead atoms. The van der Waals surface area contributed by atoms with Crippen molar-refractivity contribution in [1.82, 2.24) is 0 Å². The van der Waals surface area contributed by atoms with Gasteiger partial charge in [-0.05, 0) is 85.6 Å². The van der Waals surface area contributed by atoms with E-state index in [0.29, 0.717) is 26.4 Å². The van der Waals surface area contributed by atoms with Gasteiger partial charge in [0.25, 0.3) is 0 Å². The highest BCUT2D eigenvalue weighted by molar-refractivity contribution is 5.68. The maximum atomic E-state index is 11.1. The molecule has 0 spiro atoms. The van der Waals surface area contributed by atoms with Gasteiger partial charge in [-0.1, -0.05) is 26.2 Å². The first-order chi connectivity index (χ1) is 19.7. The van der Waals surface area contributed by atoms with Gasteiger partial charge in [-0.15, -0.1) is 0 Å². The van der Waals surface area contributed by atoms with Crippen LogP contribution in [0.3, 0.4) is 0 Å². The third kappa shape index (κ3) is 9.89. The van der Waals surface area contributed by atoms with E-state index in [-0.39, 0.29) is 5.97 Å². The monoisotopic (exact) mass is 543 g/mol. The van der Waals surface area contributed by atoms with Gasteiger partial charge in [-0.3, -0.25) is 4.79 Å². The van der Waals surface area contributed by atoms with E-state index >= 15 is 0 Å². The van der Waals surface area contributed by atoms with Gasteiger partial charge >= 0.3 is 5.97 Å². The van der Waals surface area contributed by atoms with E-state index in [4.69, 9.17) is 14.2 Å². The molecule has 1 fully saturated rings. The van der Waals surface area contributed by atoms with E-state index in [1.165, 1.54) is 0 Å². The van der Waals surface area contributed by atoms with Crippen LogP contribution in [-0.4, -0.2) is 39.1 Å². The Labute approximate surface area is 235 Å². The van der Waals surface area contributed by atoms with E-state index in [1.54, 1.807) is 0 Å². The molecule has 0 aliphatic carbocycles. The van der Waals surface area contributed by atoms with E-state index < -0.39 is 0 Å². The molecular weight excluding hydrogens is 506 g/mol. The molecule has 0 unspecified atom stereocenters. The minimum absolute atomic E-state index is 0.124. The second kappa shape index (κ2) is 16.1. The first kappa shape index (κ1) is 28.9. The van der Waals surface area contributed by atoms with E-state index in [1.807, 2.05) is 79.7 Å². The summed E-state index contributed by atoms with van der Waals surface area (Å²) in [5.41, 5.74) is 4.16. The average molecular weight is 544 g/mol. The Bertz CT molecular complexity index is 1220. The lowest BCUT2D eigenvalue weighted by molar-refractivity contribution is -0.143. The maximum absolute atomic E-state index is 11.1. The van der Waals surface area contributed by atoms with Crippen LogP contribution in [0, 0.1) is 0 Å². The lowest BCUT2D eigenvalue weighted by atomic mass is 10.1. The summed E-state index contributed by atoms with van der Waals surface area (Å²) in [5, 5.41) is 17.3. The number of carbonyl (C=O) groups is 1. The number of benzene rings is 3. The van der Waals surface area contributed by atoms with Crippen molar-refractivity contribution in [3.05, 3.63) is 72.8 Å². The predicted octanol–water partition coefficient (Wildman–Crippen LogP) is 8.59. The Morgan fingerprint density at radius 3 is 1.75 bits per heavy atom. The minimum Gasteiger partial charge on any atom is -0.494 e.